The fourth-order valence-corrected chi connectivity index (χ4v) is 5.65. The van der Waals surface area contributed by atoms with Gasteiger partial charge in [-0.25, -0.2) is 0 Å². The second kappa shape index (κ2) is 16.8. The average molecular weight is 605 g/mol. The Bertz CT molecular complexity index is 1330. The molecular formula is C34H52N8O2. The van der Waals surface area contributed by atoms with E-state index < -0.39 is 0 Å². The van der Waals surface area contributed by atoms with Gasteiger partial charge in [-0.1, -0.05) is 26.3 Å². The van der Waals surface area contributed by atoms with Crippen molar-refractivity contribution in [2.45, 2.75) is 78.3 Å². The highest BCUT2D eigenvalue weighted by molar-refractivity contribution is 6.10. The Morgan fingerprint density at radius 3 is 2.77 bits per heavy atom. The molecule has 1 amide bonds. The van der Waals surface area contributed by atoms with E-state index in [4.69, 9.17) is 16.2 Å². The van der Waals surface area contributed by atoms with Crippen molar-refractivity contribution in [3.8, 4) is 0 Å². The average Bonchev–Trinajstić information content (AvgIpc) is 3.62. The molecule has 3 heterocycles. The molecule has 0 aromatic carbocycles. The highest BCUT2D eigenvalue weighted by Crippen LogP contribution is 2.29. The van der Waals surface area contributed by atoms with E-state index in [1.807, 2.05) is 25.3 Å². The zero-order chi connectivity index (χ0) is 32.1. The maximum absolute atomic E-state index is 13.1. The van der Waals surface area contributed by atoms with Crippen LogP contribution in [0.3, 0.4) is 0 Å². The minimum atomic E-state index is -0.110. The number of allylic oxidation sites excluding steroid dienone is 4. The smallest absolute Gasteiger partial charge is 0.252 e. The van der Waals surface area contributed by atoms with Crippen LogP contribution in [0.25, 0.3) is 11.1 Å². The van der Waals surface area contributed by atoms with Crippen molar-refractivity contribution in [2.75, 3.05) is 32.8 Å². The van der Waals surface area contributed by atoms with E-state index in [1.165, 1.54) is 25.3 Å². The molecule has 1 atom stereocenters. The second-order valence-electron chi connectivity index (χ2n) is 11.9. The van der Waals surface area contributed by atoms with Crippen LogP contribution >= 0.6 is 0 Å². The quantitative estimate of drug-likeness (QED) is 0.111. The number of dihydropyridines is 1. The van der Waals surface area contributed by atoms with Crippen LogP contribution in [0.5, 0.6) is 0 Å². The van der Waals surface area contributed by atoms with E-state index in [-0.39, 0.29) is 24.1 Å². The monoisotopic (exact) mass is 604 g/mol. The molecule has 10 nitrogen and oxygen atoms in total. The Morgan fingerprint density at radius 1 is 1.34 bits per heavy atom. The number of hydrogen-bond acceptors (Lipinski definition) is 8. The number of aliphatic imine (C=N–C) groups is 1. The number of amides is 1. The lowest BCUT2D eigenvalue weighted by Crippen LogP contribution is -2.43. The summed E-state index contributed by atoms with van der Waals surface area (Å²) in [5.74, 6) is -0.110. The molecular weight excluding hydrogens is 552 g/mol. The van der Waals surface area contributed by atoms with E-state index in [0.717, 1.165) is 71.7 Å². The summed E-state index contributed by atoms with van der Waals surface area (Å²) in [5.41, 5.74) is 12.6. The van der Waals surface area contributed by atoms with E-state index in [0.29, 0.717) is 18.7 Å². The molecule has 240 valence electrons. The number of H-pyrrole nitrogens is 1. The summed E-state index contributed by atoms with van der Waals surface area (Å²) < 4.78 is 0. The molecule has 0 spiro atoms. The molecule has 1 fully saturated rings. The van der Waals surface area contributed by atoms with Crippen LogP contribution in [-0.2, 0) is 4.79 Å². The summed E-state index contributed by atoms with van der Waals surface area (Å²) in [6.45, 7) is 13.5. The maximum atomic E-state index is 13.1. The van der Waals surface area contributed by atoms with Crippen molar-refractivity contribution in [3.63, 3.8) is 0 Å². The van der Waals surface area contributed by atoms with Gasteiger partial charge in [0.1, 0.15) is 0 Å². The molecule has 44 heavy (non-hydrogen) atoms. The van der Waals surface area contributed by atoms with E-state index in [1.54, 1.807) is 12.4 Å². The molecule has 1 aromatic rings. The van der Waals surface area contributed by atoms with Gasteiger partial charge < -0.3 is 37.2 Å². The van der Waals surface area contributed by atoms with Crippen LogP contribution < -0.4 is 21.7 Å². The Kier molecular flexibility index (Phi) is 13.2. The van der Waals surface area contributed by atoms with Gasteiger partial charge in [-0.05, 0) is 70.7 Å². The van der Waals surface area contributed by atoms with Gasteiger partial charge in [-0.2, -0.15) is 0 Å². The van der Waals surface area contributed by atoms with Gasteiger partial charge in [0.2, 0.25) is 0 Å². The number of aliphatic hydroxyl groups is 1. The van der Waals surface area contributed by atoms with Crippen LogP contribution in [0.4, 0.5) is 0 Å². The van der Waals surface area contributed by atoms with Crippen molar-refractivity contribution in [3.05, 3.63) is 70.6 Å². The first-order valence-corrected chi connectivity index (χ1v) is 15.8. The second-order valence-corrected chi connectivity index (χ2v) is 11.9. The van der Waals surface area contributed by atoms with E-state index in [2.05, 4.69) is 64.6 Å². The molecule has 1 saturated heterocycles. The van der Waals surface area contributed by atoms with Gasteiger partial charge in [-0.15, -0.1) is 0 Å². The summed E-state index contributed by atoms with van der Waals surface area (Å²) in [4.78, 5) is 23.1. The first-order chi connectivity index (χ1) is 21.2. The Morgan fingerprint density at radius 2 is 2.14 bits per heavy atom. The standard InChI is InChI=1S/C34H52N8O2/c1-6-9-28(32-17-25(22-40-32)27(19-35)21-37-13-16-43)29(20-36)30(10-7-2)41-31-18-26(23-39-24(31)3)33(44)38-12-15-42-14-8-11-34(42,4)5/h10,17-24,36,39-41,43H,6-9,11-16,35H2,1-5H3,(H,38,44)/b27-19+,29-28+,30-10?,36-20?,37-21?. The highest BCUT2D eigenvalue weighted by Gasteiger charge is 2.31. The molecule has 3 rings (SSSR count). The van der Waals surface area contributed by atoms with Crippen molar-refractivity contribution in [1.29, 1.82) is 5.41 Å². The molecule has 1 unspecified atom stereocenters. The molecule has 0 bridgehead atoms. The van der Waals surface area contributed by atoms with Crippen molar-refractivity contribution < 1.29 is 9.90 Å². The number of aromatic nitrogens is 1. The summed E-state index contributed by atoms with van der Waals surface area (Å²) >= 11 is 0. The summed E-state index contributed by atoms with van der Waals surface area (Å²) in [6, 6.07) is 1.96. The highest BCUT2D eigenvalue weighted by atomic mass is 16.3. The number of aromatic amines is 1. The number of nitrogens with one attached hydrogen (secondary N) is 5. The number of nitrogens with zero attached hydrogens (tertiary/aromatic N) is 2. The third-order valence-electron chi connectivity index (χ3n) is 8.20. The third kappa shape index (κ3) is 9.06. The van der Waals surface area contributed by atoms with Gasteiger partial charge in [0.25, 0.3) is 5.91 Å². The Hall–Kier alpha value is -3.89. The lowest BCUT2D eigenvalue weighted by Gasteiger charge is -2.31. The number of likely N-dealkylation sites (tertiary alicyclic amines) is 1. The van der Waals surface area contributed by atoms with Gasteiger partial charge in [-0.3, -0.25) is 14.7 Å². The topological polar surface area (TPSA) is 155 Å². The van der Waals surface area contributed by atoms with Gasteiger partial charge in [0.05, 0.1) is 24.8 Å². The Balaban J connectivity index is 1.84. The van der Waals surface area contributed by atoms with Crippen LogP contribution in [0.15, 0.2) is 64.3 Å². The Labute approximate surface area is 262 Å². The largest absolute Gasteiger partial charge is 0.404 e. The van der Waals surface area contributed by atoms with Gasteiger partial charge >= 0.3 is 0 Å². The maximum Gasteiger partial charge on any atom is 0.252 e. The zero-order valence-corrected chi connectivity index (χ0v) is 27.1. The minimum Gasteiger partial charge on any atom is -0.404 e. The molecule has 0 aliphatic carbocycles. The van der Waals surface area contributed by atoms with E-state index in [9.17, 15) is 4.79 Å². The molecule has 10 heteroatoms. The third-order valence-corrected chi connectivity index (χ3v) is 8.20. The van der Waals surface area contributed by atoms with Crippen molar-refractivity contribution in [2.24, 2.45) is 10.7 Å². The lowest BCUT2D eigenvalue weighted by molar-refractivity contribution is -0.117. The van der Waals surface area contributed by atoms with Crippen molar-refractivity contribution in [1.82, 2.24) is 25.8 Å². The summed E-state index contributed by atoms with van der Waals surface area (Å²) in [7, 11) is 0. The first kappa shape index (κ1) is 34.6. The molecule has 8 N–H and O–H groups in total. The number of carbonyl (C=O) groups excluding carboxylic acids is 1. The molecule has 2 aliphatic heterocycles. The van der Waals surface area contributed by atoms with Crippen molar-refractivity contribution >= 4 is 29.5 Å². The first-order valence-electron chi connectivity index (χ1n) is 15.8. The molecule has 2 aliphatic rings. The summed E-state index contributed by atoms with van der Waals surface area (Å²) in [6.07, 6.45) is 17.0. The van der Waals surface area contributed by atoms with Crippen LogP contribution in [0, 0.1) is 5.41 Å². The lowest BCUT2D eigenvalue weighted by atomic mass is 9.96. The number of aliphatic hydroxyl groups excluding tert-OH is 1. The number of carbonyl (C=O) groups is 1. The SMILES string of the molecule is CCC=C(NC1=CC(C(=O)NCCN2CCCC2(C)C)=CNC1C)/C(C=N)=C(\CCC)c1cc(/C(C=NCCO)=C/N)c[nH]1. The normalized spacial score (nSPS) is 19.7. The molecule has 1 aromatic heterocycles. The minimum absolute atomic E-state index is 0.0257. The number of rotatable bonds is 16. The summed E-state index contributed by atoms with van der Waals surface area (Å²) in [5, 5.41) is 27.5. The van der Waals surface area contributed by atoms with Gasteiger partial charge in [0, 0.05) is 83.5 Å². The number of nitrogens with two attached hydrogens (primary N) is 1. The van der Waals surface area contributed by atoms with Crippen LogP contribution in [0.1, 0.15) is 78.0 Å². The fourth-order valence-electron chi connectivity index (χ4n) is 5.65. The molecule has 0 radical (unpaired) electrons. The zero-order valence-electron chi connectivity index (χ0n) is 27.1. The number of hydrogen-bond donors (Lipinski definition) is 7. The van der Waals surface area contributed by atoms with Gasteiger partial charge in [0.15, 0.2) is 0 Å². The van der Waals surface area contributed by atoms with Crippen LogP contribution in [0.2, 0.25) is 0 Å². The van der Waals surface area contributed by atoms with E-state index >= 15 is 0 Å². The predicted octanol–water partition coefficient (Wildman–Crippen LogP) is 4.21. The fraction of sp³-hybridized carbons (Fsp3) is 0.500. The molecule has 0 saturated carbocycles. The van der Waals surface area contributed by atoms with Crippen LogP contribution in [-0.4, -0.2) is 77.7 Å². The predicted molar refractivity (Wildman–Crippen MR) is 182 cm³/mol.